The normalized spacial score (nSPS) is 13.1. The maximum absolute atomic E-state index is 6.34. The number of aryl methyl sites for hydroxylation is 2. The SMILES string of the molecule is CCNC(C)Cc1c(Cl)c(CC)nn1CC. The Bertz CT molecular complexity index is 333. The first kappa shape index (κ1) is 13.5. The van der Waals surface area contributed by atoms with Gasteiger partial charge in [0.2, 0.25) is 0 Å². The van der Waals surface area contributed by atoms with Gasteiger partial charge in [0.15, 0.2) is 0 Å². The summed E-state index contributed by atoms with van der Waals surface area (Å²) in [6.07, 6.45) is 1.84. The lowest BCUT2D eigenvalue weighted by atomic mass is 10.1. The lowest BCUT2D eigenvalue weighted by Crippen LogP contribution is -2.28. The van der Waals surface area contributed by atoms with E-state index in [1.807, 2.05) is 4.68 Å². The van der Waals surface area contributed by atoms with Crippen LogP contribution in [0.3, 0.4) is 0 Å². The van der Waals surface area contributed by atoms with Crippen molar-refractivity contribution >= 4 is 11.6 Å². The predicted octanol–water partition coefficient (Wildman–Crippen LogP) is 2.66. The molecular formula is C12H22ClN3. The molecule has 0 radical (unpaired) electrons. The fourth-order valence-corrected chi connectivity index (χ4v) is 2.27. The van der Waals surface area contributed by atoms with E-state index in [9.17, 15) is 0 Å². The van der Waals surface area contributed by atoms with Gasteiger partial charge in [-0.25, -0.2) is 0 Å². The molecule has 0 bridgehead atoms. The summed E-state index contributed by atoms with van der Waals surface area (Å²) in [5.74, 6) is 0. The van der Waals surface area contributed by atoms with E-state index >= 15 is 0 Å². The minimum atomic E-state index is 0.439. The number of rotatable bonds is 6. The third kappa shape index (κ3) is 2.98. The number of aromatic nitrogens is 2. The van der Waals surface area contributed by atoms with E-state index in [-0.39, 0.29) is 0 Å². The molecule has 0 aliphatic heterocycles. The highest BCUT2D eigenvalue weighted by Crippen LogP contribution is 2.22. The molecule has 1 heterocycles. The Morgan fingerprint density at radius 2 is 2.06 bits per heavy atom. The molecule has 0 amide bonds. The average Bonchev–Trinajstić information content (AvgIpc) is 2.56. The average molecular weight is 244 g/mol. The highest BCUT2D eigenvalue weighted by molar-refractivity contribution is 6.31. The van der Waals surface area contributed by atoms with E-state index in [1.54, 1.807) is 0 Å². The van der Waals surface area contributed by atoms with E-state index in [0.717, 1.165) is 42.3 Å². The van der Waals surface area contributed by atoms with E-state index in [1.165, 1.54) is 0 Å². The summed E-state index contributed by atoms with van der Waals surface area (Å²) < 4.78 is 2.02. The summed E-state index contributed by atoms with van der Waals surface area (Å²) in [4.78, 5) is 0. The van der Waals surface area contributed by atoms with Crippen LogP contribution in [0.1, 0.15) is 39.1 Å². The Labute approximate surface area is 103 Å². The summed E-state index contributed by atoms with van der Waals surface area (Å²) in [6, 6.07) is 0.439. The Hall–Kier alpha value is -0.540. The van der Waals surface area contributed by atoms with Crippen LogP contribution in [0.25, 0.3) is 0 Å². The molecule has 92 valence electrons. The van der Waals surface area contributed by atoms with Gasteiger partial charge in [-0.2, -0.15) is 5.10 Å². The van der Waals surface area contributed by atoms with Crippen LogP contribution < -0.4 is 5.32 Å². The Morgan fingerprint density at radius 1 is 1.38 bits per heavy atom. The van der Waals surface area contributed by atoms with Gasteiger partial charge in [0.25, 0.3) is 0 Å². The van der Waals surface area contributed by atoms with Crippen LogP contribution in [0.2, 0.25) is 5.02 Å². The highest BCUT2D eigenvalue weighted by atomic mass is 35.5. The summed E-state index contributed by atoms with van der Waals surface area (Å²) in [5, 5.41) is 8.77. The van der Waals surface area contributed by atoms with E-state index < -0.39 is 0 Å². The van der Waals surface area contributed by atoms with Gasteiger partial charge in [-0.15, -0.1) is 0 Å². The second-order valence-electron chi connectivity index (χ2n) is 4.04. The van der Waals surface area contributed by atoms with Gasteiger partial charge in [-0.1, -0.05) is 25.4 Å². The van der Waals surface area contributed by atoms with Crippen LogP contribution in [-0.2, 0) is 19.4 Å². The molecular weight excluding hydrogens is 222 g/mol. The fourth-order valence-electron chi connectivity index (χ4n) is 1.92. The molecule has 1 unspecified atom stereocenters. The van der Waals surface area contributed by atoms with Gasteiger partial charge < -0.3 is 5.32 Å². The number of halogens is 1. The molecule has 0 saturated carbocycles. The molecule has 0 spiro atoms. The van der Waals surface area contributed by atoms with Gasteiger partial charge in [0.05, 0.1) is 16.4 Å². The van der Waals surface area contributed by atoms with Crippen molar-refractivity contribution in [2.75, 3.05) is 6.54 Å². The lowest BCUT2D eigenvalue weighted by molar-refractivity contribution is 0.528. The molecule has 16 heavy (non-hydrogen) atoms. The molecule has 3 nitrogen and oxygen atoms in total. The van der Waals surface area contributed by atoms with Crippen LogP contribution in [-0.4, -0.2) is 22.4 Å². The standard InChI is InChI=1S/C12H22ClN3/c1-5-10-12(13)11(16(7-3)15-10)8-9(4)14-6-2/h9,14H,5-8H2,1-4H3. The van der Waals surface area contributed by atoms with E-state index in [2.05, 4.69) is 38.1 Å². The number of nitrogens with one attached hydrogen (secondary N) is 1. The third-order valence-electron chi connectivity index (χ3n) is 2.75. The number of hydrogen-bond donors (Lipinski definition) is 1. The molecule has 0 aromatic carbocycles. The molecule has 0 saturated heterocycles. The minimum Gasteiger partial charge on any atom is -0.314 e. The Morgan fingerprint density at radius 3 is 2.56 bits per heavy atom. The molecule has 0 aliphatic rings. The number of hydrogen-bond acceptors (Lipinski definition) is 2. The van der Waals surface area contributed by atoms with Crippen LogP contribution in [0.4, 0.5) is 0 Å². The van der Waals surface area contributed by atoms with Crippen LogP contribution in [0, 0.1) is 0 Å². The van der Waals surface area contributed by atoms with Crippen molar-refractivity contribution in [1.82, 2.24) is 15.1 Å². The summed E-state index contributed by atoms with van der Waals surface area (Å²) in [6.45, 7) is 10.4. The molecule has 1 aromatic rings. The van der Waals surface area contributed by atoms with Gasteiger partial charge in [0, 0.05) is 19.0 Å². The first-order chi connectivity index (χ1) is 7.63. The van der Waals surface area contributed by atoms with Gasteiger partial charge in [0.1, 0.15) is 0 Å². The zero-order valence-corrected chi connectivity index (χ0v) is 11.4. The predicted molar refractivity (Wildman–Crippen MR) is 69.1 cm³/mol. The number of nitrogens with zero attached hydrogens (tertiary/aromatic N) is 2. The maximum Gasteiger partial charge on any atom is 0.0850 e. The summed E-state index contributed by atoms with van der Waals surface area (Å²) in [5.41, 5.74) is 2.18. The van der Waals surface area contributed by atoms with Gasteiger partial charge >= 0.3 is 0 Å². The first-order valence-electron chi connectivity index (χ1n) is 6.11. The van der Waals surface area contributed by atoms with Crippen LogP contribution >= 0.6 is 11.6 Å². The molecule has 1 rings (SSSR count). The fraction of sp³-hybridized carbons (Fsp3) is 0.750. The van der Waals surface area contributed by atoms with Crippen molar-refractivity contribution in [3.63, 3.8) is 0 Å². The summed E-state index contributed by atoms with van der Waals surface area (Å²) >= 11 is 6.34. The van der Waals surface area contributed by atoms with Gasteiger partial charge in [-0.05, 0) is 26.8 Å². The van der Waals surface area contributed by atoms with Crippen molar-refractivity contribution in [2.45, 2.75) is 53.1 Å². The molecule has 0 fully saturated rings. The van der Waals surface area contributed by atoms with Gasteiger partial charge in [-0.3, -0.25) is 4.68 Å². The number of likely N-dealkylation sites (N-methyl/N-ethyl adjacent to an activating group) is 1. The second kappa shape index (κ2) is 6.26. The van der Waals surface area contributed by atoms with Crippen LogP contribution in [0.5, 0.6) is 0 Å². The Balaban J connectivity index is 2.88. The lowest BCUT2D eigenvalue weighted by Gasteiger charge is -2.13. The largest absolute Gasteiger partial charge is 0.314 e. The smallest absolute Gasteiger partial charge is 0.0850 e. The van der Waals surface area contributed by atoms with Crippen molar-refractivity contribution in [3.8, 4) is 0 Å². The zero-order chi connectivity index (χ0) is 12.1. The van der Waals surface area contributed by atoms with Crippen molar-refractivity contribution in [2.24, 2.45) is 0 Å². The van der Waals surface area contributed by atoms with Crippen molar-refractivity contribution < 1.29 is 0 Å². The maximum atomic E-state index is 6.34. The topological polar surface area (TPSA) is 29.9 Å². The van der Waals surface area contributed by atoms with Crippen molar-refractivity contribution in [3.05, 3.63) is 16.4 Å². The monoisotopic (exact) mass is 243 g/mol. The van der Waals surface area contributed by atoms with Crippen LogP contribution in [0.15, 0.2) is 0 Å². The molecule has 1 atom stereocenters. The minimum absolute atomic E-state index is 0.439. The first-order valence-corrected chi connectivity index (χ1v) is 6.49. The van der Waals surface area contributed by atoms with E-state index in [4.69, 9.17) is 11.6 Å². The zero-order valence-electron chi connectivity index (χ0n) is 10.7. The molecule has 4 heteroatoms. The van der Waals surface area contributed by atoms with E-state index in [0.29, 0.717) is 6.04 Å². The quantitative estimate of drug-likeness (QED) is 0.833. The second-order valence-corrected chi connectivity index (χ2v) is 4.42. The highest BCUT2D eigenvalue weighted by Gasteiger charge is 2.16. The Kier molecular flexibility index (Phi) is 5.29. The third-order valence-corrected chi connectivity index (χ3v) is 3.18. The molecule has 1 N–H and O–H groups in total. The van der Waals surface area contributed by atoms with Crippen molar-refractivity contribution in [1.29, 1.82) is 0 Å². The summed E-state index contributed by atoms with van der Waals surface area (Å²) in [7, 11) is 0. The molecule has 0 aliphatic carbocycles. The molecule has 1 aromatic heterocycles.